The number of hydrogen-bond donors (Lipinski definition) is 1. The number of rotatable bonds is 10. The molecule has 1 aliphatic carbocycles. The maximum Gasteiger partial charge on any atom is 0.416 e. The molecule has 0 aromatic heterocycles. The monoisotopic (exact) mass is 424 g/mol. The fourth-order valence-electron chi connectivity index (χ4n) is 4.01. The highest BCUT2D eigenvalue weighted by Gasteiger charge is 2.34. The average molecular weight is 425 g/mol. The summed E-state index contributed by atoms with van der Waals surface area (Å²) < 4.78 is 44.8. The Morgan fingerprint density at radius 2 is 1.83 bits per heavy atom. The van der Waals surface area contributed by atoms with Gasteiger partial charge in [-0.05, 0) is 94.9 Å². The van der Waals surface area contributed by atoms with Gasteiger partial charge in [-0.25, -0.2) is 0 Å². The van der Waals surface area contributed by atoms with Crippen molar-refractivity contribution >= 4 is 0 Å². The van der Waals surface area contributed by atoms with Gasteiger partial charge in [-0.3, -0.25) is 0 Å². The number of benzene rings is 1. The predicted molar refractivity (Wildman–Crippen MR) is 115 cm³/mol. The average Bonchev–Trinajstić information content (AvgIpc) is 2.69. The normalized spacial score (nSPS) is 19.8. The van der Waals surface area contributed by atoms with E-state index in [1.54, 1.807) is 0 Å². The minimum Gasteiger partial charge on any atom is -0.490 e. The minimum atomic E-state index is -4.36. The summed E-state index contributed by atoms with van der Waals surface area (Å²) in [6.07, 6.45) is 10.3. The van der Waals surface area contributed by atoms with Crippen LogP contribution in [0.1, 0.15) is 71.3 Å². The molecular formula is C25H35F3O2. The molecule has 0 fully saturated rings. The second-order valence-corrected chi connectivity index (χ2v) is 8.77. The molecule has 5 heteroatoms. The lowest BCUT2D eigenvalue weighted by Crippen LogP contribution is -2.38. The highest BCUT2D eigenvalue weighted by Crippen LogP contribution is 2.35. The molecule has 30 heavy (non-hydrogen) atoms. The van der Waals surface area contributed by atoms with Gasteiger partial charge in [-0.1, -0.05) is 31.2 Å². The molecule has 2 rings (SSSR count). The van der Waals surface area contributed by atoms with Crippen molar-refractivity contribution in [2.24, 2.45) is 11.8 Å². The molecular weight excluding hydrogens is 389 g/mol. The van der Waals surface area contributed by atoms with E-state index in [4.69, 9.17) is 4.74 Å². The minimum absolute atomic E-state index is 0.0318. The number of ether oxygens (including phenoxy) is 1. The molecule has 0 radical (unpaired) electrons. The van der Waals surface area contributed by atoms with Crippen LogP contribution in [0.2, 0.25) is 0 Å². The standard InChI is InChI=1S/C25H35F3O2/c1-4-5-6-10-13-21(24(2,3)29)18-23(19-11-8-7-9-12-19)30-22-16-14-20(15-17-22)25(26,27)28/h5-8,14-17,19,21,23,29H,4,9-13,18H2,1-3H3/b6-5+/t19?,21-,23?/m0/s1. The van der Waals surface area contributed by atoms with Crippen LogP contribution in [0.4, 0.5) is 13.2 Å². The van der Waals surface area contributed by atoms with E-state index in [2.05, 4.69) is 31.2 Å². The van der Waals surface area contributed by atoms with Gasteiger partial charge in [0.05, 0.1) is 11.2 Å². The van der Waals surface area contributed by atoms with Crippen LogP contribution in [0.3, 0.4) is 0 Å². The van der Waals surface area contributed by atoms with Crippen molar-refractivity contribution in [1.82, 2.24) is 0 Å². The Morgan fingerprint density at radius 1 is 1.13 bits per heavy atom. The van der Waals surface area contributed by atoms with Gasteiger partial charge in [-0.2, -0.15) is 13.2 Å². The number of hydrogen-bond acceptors (Lipinski definition) is 2. The number of allylic oxidation sites excluding steroid dienone is 4. The highest BCUT2D eigenvalue weighted by atomic mass is 19.4. The molecule has 2 unspecified atom stereocenters. The zero-order valence-corrected chi connectivity index (χ0v) is 18.3. The van der Waals surface area contributed by atoms with Gasteiger partial charge in [0.25, 0.3) is 0 Å². The molecule has 0 saturated heterocycles. The van der Waals surface area contributed by atoms with E-state index in [9.17, 15) is 18.3 Å². The highest BCUT2D eigenvalue weighted by molar-refractivity contribution is 5.29. The molecule has 0 spiro atoms. The second kappa shape index (κ2) is 11.0. The van der Waals surface area contributed by atoms with Crippen LogP contribution in [-0.4, -0.2) is 16.8 Å². The first kappa shape index (κ1) is 24.5. The van der Waals surface area contributed by atoms with Crippen LogP contribution in [0.25, 0.3) is 0 Å². The van der Waals surface area contributed by atoms with Crippen LogP contribution < -0.4 is 4.74 Å². The van der Waals surface area contributed by atoms with Gasteiger partial charge in [0, 0.05) is 0 Å². The Balaban J connectivity index is 2.16. The quantitative estimate of drug-likeness (QED) is 0.398. The van der Waals surface area contributed by atoms with E-state index >= 15 is 0 Å². The molecule has 0 aliphatic heterocycles. The van der Waals surface area contributed by atoms with Crippen LogP contribution in [0.5, 0.6) is 5.75 Å². The third-order valence-corrected chi connectivity index (χ3v) is 5.90. The van der Waals surface area contributed by atoms with Gasteiger partial charge in [-0.15, -0.1) is 0 Å². The molecule has 0 saturated carbocycles. The van der Waals surface area contributed by atoms with Crippen LogP contribution in [0, 0.1) is 11.8 Å². The van der Waals surface area contributed by atoms with Gasteiger partial charge in [0.2, 0.25) is 0 Å². The molecule has 0 amide bonds. The number of aliphatic hydroxyl groups is 1. The van der Waals surface area contributed by atoms with Gasteiger partial charge < -0.3 is 9.84 Å². The van der Waals surface area contributed by atoms with E-state index in [1.165, 1.54) is 12.1 Å². The van der Waals surface area contributed by atoms with Crippen molar-refractivity contribution < 1.29 is 23.0 Å². The van der Waals surface area contributed by atoms with Gasteiger partial charge in [0.1, 0.15) is 11.9 Å². The molecule has 2 nitrogen and oxygen atoms in total. The lowest BCUT2D eigenvalue weighted by Gasteiger charge is -2.36. The smallest absolute Gasteiger partial charge is 0.416 e. The summed E-state index contributed by atoms with van der Waals surface area (Å²) in [6.45, 7) is 5.75. The van der Waals surface area contributed by atoms with Crippen LogP contribution in [0.15, 0.2) is 48.6 Å². The first-order valence-corrected chi connectivity index (χ1v) is 11.0. The summed E-state index contributed by atoms with van der Waals surface area (Å²) in [6, 6.07) is 4.93. The molecule has 0 bridgehead atoms. The van der Waals surface area contributed by atoms with Crippen molar-refractivity contribution in [2.75, 3.05) is 0 Å². The molecule has 1 aromatic rings. The number of halogens is 3. The summed E-state index contributed by atoms with van der Waals surface area (Å²) in [5.41, 5.74) is -1.53. The Morgan fingerprint density at radius 3 is 2.37 bits per heavy atom. The lowest BCUT2D eigenvalue weighted by atomic mass is 9.78. The SMILES string of the molecule is CC/C=C/CC[C@@H](CC(Oc1ccc(C(F)(F)F)cc1)C1CC=CCC1)C(C)(C)O. The Labute approximate surface area is 178 Å². The maximum atomic E-state index is 12.9. The molecule has 1 aliphatic rings. The fraction of sp³-hybridized carbons (Fsp3) is 0.600. The van der Waals surface area contributed by atoms with Crippen molar-refractivity contribution in [3.8, 4) is 5.75 Å². The number of alkyl halides is 3. The van der Waals surface area contributed by atoms with Gasteiger partial charge >= 0.3 is 6.18 Å². The fourth-order valence-corrected chi connectivity index (χ4v) is 4.01. The third kappa shape index (κ3) is 7.82. The van der Waals surface area contributed by atoms with Crippen molar-refractivity contribution in [3.05, 3.63) is 54.1 Å². The molecule has 1 N–H and O–H groups in total. The Kier molecular flexibility index (Phi) is 9.02. The molecule has 168 valence electrons. The van der Waals surface area contributed by atoms with E-state index in [1.807, 2.05) is 13.8 Å². The molecule has 0 heterocycles. The topological polar surface area (TPSA) is 29.5 Å². The third-order valence-electron chi connectivity index (χ3n) is 5.90. The van der Waals surface area contributed by atoms with E-state index in [-0.39, 0.29) is 17.9 Å². The van der Waals surface area contributed by atoms with Crippen molar-refractivity contribution in [3.63, 3.8) is 0 Å². The second-order valence-electron chi connectivity index (χ2n) is 8.77. The Bertz CT molecular complexity index is 684. The van der Waals surface area contributed by atoms with Crippen molar-refractivity contribution in [1.29, 1.82) is 0 Å². The Hall–Kier alpha value is -1.75. The molecule has 1 aromatic carbocycles. The summed E-state index contributed by atoms with van der Waals surface area (Å²) in [7, 11) is 0. The van der Waals surface area contributed by atoms with Crippen molar-refractivity contribution in [2.45, 2.75) is 83.6 Å². The predicted octanol–water partition coefficient (Wildman–Crippen LogP) is 7.33. The molecule has 3 atom stereocenters. The summed E-state index contributed by atoms with van der Waals surface area (Å²) >= 11 is 0. The largest absolute Gasteiger partial charge is 0.490 e. The maximum absolute atomic E-state index is 12.9. The van der Waals surface area contributed by atoms with E-state index in [0.29, 0.717) is 12.2 Å². The van der Waals surface area contributed by atoms with E-state index in [0.717, 1.165) is 50.7 Å². The summed E-state index contributed by atoms with van der Waals surface area (Å²) in [5.74, 6) is 0.764. The van der Waals surface area contributed by atoms with Gasteiger partial charge in [0.15, 0.2) is 0 Å². The van der Waals surface area contributed by atoms with E-state index < -0.39 is 17.3 Å². The zero-order chi connectivity index (χ0) is 22.2. The first-order chi connectivity index (χ1) is 14.1. The first-order valence-electron chi connectivity index (χ1n) is 11.0. The lowest BCUT2D eigenvalue weighted by molar-refractivity contribution is -0.137. The van der Waals surface area contributed by atoms with Crippen LogP contribution in [-0.2, 0) is 6.18 Å². The summed E-state index contributed by atoms with van der Waals surface area (Å²) in [4.78, 5) is 0. The zero-order valence-electron chi connectivity index (χ0n) is 18.3. The van der Waals surface area contributed by atoms with Crippen LogP contribution >= 0.6 is 0 Å². The summed E-state index contributed by atoms with van der Waals surface area (Å²) in [5, 5.41) is 10.8.